The Balaban J connectivity index is 2.66. The highest BCUT2D eigenvalue weighted by atomic mass is 16.4. The van der Waals surface area contributed by atoms with E-state index in [0.717, 1.165) is 12.2 Å². The summed E-state index contributed by atoms with van der Waals surface area (Å²) >= 11 is 0. The fraction of sp³-hybridized carbons (Fsp3) is 0.643. The third-order valence-corrected chi connectivity index (χ3v) is 3.04. The summed E-state index contributed by atoms with van der Waals surface area (Å²) in [4.78, 5) is 12.9. The van der Waals surface area contributed by atoms with E-state index in [-0.39, 0.29) is 18.0 Å². The molecule has 0 aliphatic carbocycles. The molecule has 1 N–H and O–H groups in total. The summed E-state index contributed by atoms with van der Waals surface area (Å²) in [5.41, 5.74) is -0.0541. The Bertz CT molecular complexity index is 365. The van der Waals surface area contributed by atoms with E-state index in [9.17, 15) is 4.79 Å². The minimum absolute atomic E-state index is 0.0541. The van der Waals surface area contributed by atoms with Crippen LogP contribution in [0.15, 0.2) is 22.8 Å². The van der Waals surface area contributed by atoms with Crippen molar-refractivity contribution in [3.05, 3.63) is 24.2 Å². The van der Waals surface area contributed by atoms with E-state index in [2.05, 4.69) is 32.6 Å². The van der Waals surface area contributed by atoms with Crippen LogP contribution in [-0.2, 0) is 11.2 Å². The monoisotopic (exact) mass is 253 g/mol. The average Bonchev–Trinajstić information content (AvgIpc) is 2.67. The van der Waals surface area contributed by atoms with Crippen LogP contribution < -0.4 is 0 Å². The van der Waals surface area contributed by atoms with Crippen LogP contribution in [0.5, 0.6) is 0 Å². The summed E-state index contributed by atoms with van der Waals surface area (Å²) in [7, 11) is 0. The third kappa shape index (κ3) is 4.53. The largest absolute Gasteiger partial charge is 0.481 e. The highest BCUT2D eigenvalue weighted by Crippen LogP contribution is 2.20. The number of rotatable bonds is 6. The van der Waals surface area contributed by atoms with E-state index in [1.807, 2.05) is 12.1 Å². The first kappa shape index (κ1) is 14.8. The zero-order valence-corrected chi connectivity index (χ0v) is 11.6. The number of furan rings is 1. The number of hydrogen-bond donors (Lipinski definition) is 1. The van der Waals surface area contributed by atoms with Gasteiger partial charge in [0.2, 0.25) is 0 Å². The number of nitrogens with zero attached hydrogens (tertiary/aromatic N) is 1. The van der Waals surface area contributed by atoms with Gasteiger partial charge in [0.15, 0.2) is 0 Å². The molecule has 0 saturated carbocycles. The predicted molar refractivity (Wildman–Crippen MR) is 70.6 cm³/mol. The molecule has 0 saturated heterocycles. The summed E-state index contributed by atoms with van der Waals surface area (Å²) in [6.45, 7) is 8.98. The SMILES string of the molecule is CC(Cc1ccco1)N(CCC(=O)O)C(C)(C)C. The first-order chi connectivity index (χ1) is 8.30. The van der Waals surface area contributed by atoms with Crippen molar-refractivity contribution in [2.24, 2.45) is 0 Å². The maximum atomic E-state index is 10.7. The van der Waals surface area contributed by atoms with Gasteiger partial charge in [0.05, 0.1) is 12.7 Å². The number of carboxylic acid groups (broad SMARTS) is 1. The Labute approximate surface area is 109 Å². The van der Waals surface area contributed by atoms with Crippen LogP contribution in [-0.4, -0.2) is 34.1 Å². The molecule has 0 radical (unpaired) electrons. The van der Waals surface area contributed by atoms with Gasteiger partial charge in [-0.1, -0.05) is 0 Å². The van der Waals surface area contributed by atoms with Gasteiger partial charge >= 0.3 is 5.97 Å². The lowest BCUT2D eigenvalue weighted by molar-refractivity contribution is -0.137. The molecule has 1 aromatic rings. The normalized spacial score (nSPS) is 13.8. The van der Waals surface area contributed by atoms with Crippen LogP contribution >= 0.6 is 0 Å². The topological polar surface area (TPSA) is 53.7 Å². The molecule has 4 heteroatoms. The molecule has 1 heterocycles. The van der Waals surface area contributed by atoms with Gasteiger partial charge in [0.25, 0.3) is 0 Å². The third-order valence-electron chi connectivity index (χ3n) is 3.04. The van der Waals surface area contributed by atoms with Crippen LogP contribution in [0.2, 0.25) is 0 Å². The molecule has 1 aromatic heterocycles. The van der Waals surface area contributed by atoms with E-state index in [1.54, 1.807) is 6.26 Å². The van der Waals surface area contributed by atoms with Gasteiger partial charge in [0.1, 0.15) is 5.76 Å². The van der Waals surface area contributed by atoms with Gasteiger partial charge in [0, 0.05) is 24.5 Å². The highest BCUT2D eigenvalue weighted by Gasteiger charge is 2.27. The average molecular weight is 253 g/mol. The maximum Gasteiger partial charge on any atom is 0.304 e. The first-order valence-corrected chi connectivity index (χ1v) is 6.31. The van der Waals surface area contributed by atoms with Crippen LogP contribution in [0.4, 0.5) is 0 Å². The number of hydrogen-bond acceptors (Lipinski definition) is 3. The Morgan fingerprint density at radius 3 is 2.61 bits per heavy atom. The Hall–Kier alpha value is -1.29. The minimum atomic E-state index is -0.755. The fourth-order valence-electron chi connectivity index (χ4n) is 2.26. The molecule has 0 bridgehead atoms. The van der Waals surface area contributed by atoms with Gasteiger partial charge in [-0.3, -0.25) is 9.69 Å². The van der Waals surface area contributed by atoms with Crippen molar-refractivity contribution in [2.45, 2.75) is 52.1 Å². The summed E-state index contributed by atoms with van der Waals surface area (Å²) in [5.74, 6) is 0.182. The molecule has 102 valence electrons. The molecule has 18 heavy (non-hydrogen) atoms. The molecule has 0 aliphatic rings. The van der Waals surface area contributed by atoms with Crippen molar-refractivity contribution >= 4 is 5.97 Å². The van der Waals surface area contributed by atoms with E-state index in [1.165, 1.54) is 0 Å². The molecule has 0 aromatic carbocycles. The second-order valence-corrected chi connectivity index (χ2v) is 5.64. The minimum Gasteiger partial charge on any atom is -0.481 e. The fourth-order valence-corrected chi connectivity index (χ4v) is 2.26. The van der Waals surface area contributed by atoms with E-state index in [4.69, 9.17) is 9.52 Å². The second-order valence-electron chi connectivity index (χ2n) is 5.64. The molecule has 1 rings (SSSR count). The molecule has 1 atom stereocenters. The molecular formula is C14H23NO3. The van der Waals surface area contributed by atoms with Crippen molar-refractivity contribution in [2.75, 3.05) is 6.54 Å². The van der Waals surface area contributed by atoms with Gasteiger partial charge in [-0.25, -0.2) is 0 Å². The molecule has 1 unspecified atom stereocenters. The summed E-state index contributed by atoms with van der Waals surface area (Å²) in [6, 6.07) is 4.07. The van der Waals surface area contributed by atoms with Gasteiger partial charge < -0.3 is 9.52 Å². The standard InChI is InChI=1S/C14H23NO3/c1-11(10-12-6-5-9-18-12)15(14(2,3)4)8-7-13(16)17/h5-6,9,11H,7-8,10H2,1-4H3,(H,16,17). The second kappa shape index (κ2) is 6.05. The van der Waals surface area contributed by atoms with Crippen molar-refractivity contribution in [3.63, 3.8) is 0 Å². The van der Waals surface area contributed by atoms with Crippen molar-refractivity contribution < 1.29 is 14.3 Å². The predicted octanol–water partition coefficient (Wildman–Crippen LogP) is 2.79. The van der Waals surface area contributed by atoms with E-state index >= 15 is 0 Å². The van der Waals surface area contributed by atoms with Crippen LogP contribution in [0.3, 0.4) is 0 Å². The molecular weight excluding hydrogens is 230 g/mol. The lowest BCUT2D eigenvalue weighted by Gasteiger charge is -2.40. The Morgan fingerprint density at radius 2 is 2.17 bits per heavy atom. The zero-order valence-electron chi connectivity index (χ0n) is 11.6. The van der Waals surface area contributed by atoms with Crippen molar-refractivity contribution in [1.82, 2.24) is 4.90 Å². The summed E-state index contributed by atoms with van der Waals surface area (Å²) in [6.07, 6.45) is 2.63. The quantitative estimate of drug-likeness (QED) is 0.847. The van der Waals surface area contributed by atoms with E-state index in [0.29, 0.717) is 6.54 Å². The van der Waals surface area contributed by atoms with Crippen LogP contribution in [0, 0.1) is 0 Å². The van der Waals surface area contributed by atoms with Crippen molar-refractivity contribution in [1.29, 1.82) is 0 Å². The van der Waals surface area contributed by atoms with Gasteiger partial charge in [-0.05, 0) is 39.8 Å². The zero-order chi connectivity index (χ0) is 13.8. The first-order valence-electron chi connectivity index (χ1n) is 6.31. The van der Waals surface area contributed by atoms with Crippen LogP contribution in [0.25, 0.3) is 0 Å². The van der Waals surface area contributed by atoms with Crippen molar-refractivity contribution in [3.8, 4) is 0 Å². The number of carboxylic acids is 1. The Kier molecular flexibility index (Phi) is 4.96. The summed E-state index contributed by atoms with van der Waals surface area (Å²) in [5, 5.41) is 8.82. The smallest absolute Gasteiger partial charge is 0.304 e. The molecule has 0 fully saturated rings. The van der Waals surface area contributed by atoms with E-state index < -0.39 is 5.97 Å². The van der Waals surface area contributed by atoms with Crippen LogP contribution in [0.1, 0.15) is 39.9 Å². The highest BCUT2D eigenvalue weighted by molar-refractivity contribution is 5.66. The Morgan fingerprint density at radius 1 is 1.50 bits per heavy atom. The number of carbonyl (C=O) groups is 1. The molecule has 0 amide bonds. The van der Waals surface area contributed by atoms with Gasteiger partial charge in [-0.2, -0.15) is 0 Å². The molecule has 0 aliphatic heterocycles. The molecule has 4 nitrogen and oxygen atoms in total. The molecule has 0 spiro atoms. The lowest BCUT2D eigenvalue weighted by atomic mass is 10.0. The maximum absolute atomic E-state index is 10.7. The summed E-state index contributed by atoms with van der Waals surface area (Å²) < 4.78 is 5.35. The van der Waals surface area contributed by atoms with Gasteiger partial charge in [-0.15, -0.1) is 0 Å². The lowest BCUT2D eigenvalue weighted by Crippen LogP contribution is -2.48. The number of aliphatic carboxylic acids is 1.